The Morgan fingerprint density at radius 2 is 1.36 bits per heavy atom. The number of nitrogens with one attached hydrogen (secondary N) is 2. The highest BCUT2D eigenvalue weighted by Crippen LogP contribution is 2.24. The minimum absolute atomic E-state index is 0.102. The third kappa shape index (κ3) is 9.81. The predicted octanol–water partition coefficient (Wildman–Crippen LogP) is 4.28. The zero-order valence-electron chi connectivity index (χ0n) is 25.3. The predicted molar refractivity (Wildman–Crippen MR) is 173 cm³/mol. The maximum atomic E-state index is 13.3. The van der Waals surface area contributed by atoms with Crippen LogP contribution in [-0.4, -0.2) is 72.9 Å². The second-order valence-electron chi connectivity index (χ2n) is 11.0. The van der Waals surface area contributed by atoms with Crippen LogP contribution in [0, 0.1) is 0 Å². The van der Waals surface area contributed by atoms with E-state index in [4.69, 9.17) is 0 Å². The Morgan fingerprint density at radius 3 is 2.07 bits per heavy atom. The van der Waals surface area contributed by atoms with Crippen LogP contribution in [0.15, 0.2) is 103 Å². The molecule has 0 bridgehead atoms. The molecule has 0 aliphatic heterocycles. The molecule has 3 N–H and O–H groups in total. The first kappa shape index (κ1) is 32.0. The highest BCUT2D eigenvalue weighted by Gasteiger charge is 2.17. The van der Waals surface area contributed by atoms with Crippen LogP contribution in [0.25, 0.3) is 11.1 Å². The van der Waals surface area contributed by atoms with Gasteiger partial charge in [-0.3, -0.25) is 14.4 Å². The first-order valence-electron chi connectivity index (χ1n) is 14.8. The second-order valence-corrected chi connectivity index (χ2v) is 11.0. The van der Waals surface area contributed by atoms with Gasteiger partial charge in [-0.15, -0.1) is 0 Å². The van der Waals surface area contributed by atoms with Crippen LogP contribution in [0.2, 0.25) is 0 Å². The monoisotopic (exact) mass is 592 g/mol. The van der Waals surface area contributed by atoms with Gasteiger partial charge < -0.3 is 25.5 Å². The fourth-order valence-electron chi connectivity index (χ4n) is 4.78. The van der Waals surface area contributed by atoms with E-state index in [9.17, 15) is 19.5 Å². The standard InChI is InChI=1S/C36H40N4O4/c1-39(2)23-21-37-36(44)33-11-7-6-10-32(33)30-16-12-29(13-17-30)26-40(22-20-27-14-18-31(41)19-15-27)35(43)25-38-34(42)24-28-8-4-3-5-9-28/h3-19,41H,20-26H2,1-2H3,(H,37,44)(H,38,42). The van der Waals surface area contributed by atoms with Crippen LogP contribution >= 0.6 is 0 Å². The Labute approximate surface area is 259 Å². The number of amides is 3. The topological polar surface area (TPSA) is 102 Å². The lowest BCUT2D eigenvalue weighted by molar-refractivity contribution is -0.133. The molecule has 0 saturated carbocycles. The average molecular weight is 593 g/mol. The van der Waals surface area contributed by atoms with Gasteiger partial charge in [-0.05, 0) is 66.5 Å². The fraction of sp³-hybridized carbons (Fsp3) is 0.250. The molecule has 0 saturated heterocycles. The summed E-state index contributed by atoms with van der Waals surface area (Å²) in [5.74, 6) is -0.326. The van der Waals surface area contributed by atoms with E-state index < -0.39 is 0 Å². The lowest BCUT2D eigenvalue weighted by Crippen LogP contribution is -2.41. The van der Waals surface area contributed by atoms with Crippen molar-refractivity contribution in [3.05, 3.63) is 125 Å². The number of phenolic OH excluding ortho intramolecular Hbond substituents is 1. The normalized spacial score (nSPS) is 10.8. The zero-order chi connectivity index (χ0) is 31.3. The molecule has 8 nitrogen and oxygen atoms in total. The molecule has 0 atom stereocenters. The van der Waals surface area contributed by atoms with Crippen LogP contribution in [0.5, 0.6) is 5.75 Å². The first-order valence-corrected chi connectivity index (χ1v) is 14.8. The lowest BCUT2D eigenvalue weighted by Gasteiger charge is -2.23. The third-order valence-electron chi connectivity index (χ3n) is 7.26. The molecule has 4 aromatic carbocycles. The Morgan fingerprint density at radius 1 is 0.705 bits per heavy atom. The molecule has 0 aromatic heterocycles. The minimum Gasteiger partial charge on any atom is -0.508 e. The molecule has 0 radical (unpaired) electrons. The molecular weight excluding hydrogens is 552 g/mol. The van der Waals surface area contributed by atoms with Gasteiger partial charge in [0.25, 0.3) is 5.91 Å². The van der Waals surface area contributed by atoms with Gasteiger partial charge in [0.1, 0.15) is 5.75 Å². The van der Waals surface area contributed by atoms with Crippen LogP contribution in [0.3, 0.4) is 0 Å². The summed E-state index contributed by atoms with van der Waals surface area (Å²) in [5.41, 5.74) is 5.15. The van der Waals surface area contributed by atoms with Crippen molar-refractivity contribution in [3.8, 4) is 16.9 Å². The largest absolute Gasteiger partial charge is 0.508 e. The number of carbonyl (C=O) groups is 3. The molecule has 0 spiro atoms. The summed E-state index contributed by atoms with van der Waals surface area (Å²) in [6, 6.07) is 31.7. The molecule has 0 aliphatic carbocycles. The molecule has 44 heavy (non-hydrogen) atoms. The Kier molecular flexibility index (Phi) is 11.7. The molecule has 4 aromatic rings. The van der Waals surface area contributed by atoms with Gasteiger partial charge in [0.2, 0.25) is 11.8 Å². The van der Waals surface area contributed by atoms with Crippen molar-refractivity contribution < 1.29 is 19.5 Å². The van der Waals surface area contributed by atoms with Crippen LogP contribution in [0.1, 0.15) is 27.0 Å². The van der Waals surface area contributed by atoms with Gasteiger partial charge in [0, 0.05) is 31.7 Å². The number of nitrogens with zero attached hydrogens (tertiary/aromatic N) is 2. The molecule has 228 valence electrons. The first-order chi connectivity index (χ1) is 21.3. The SMILES string of the molecule is CN(C)CCNC(=O)c1ccccc1-c1ccc(CN(CCc2ccc(O)cc2)C(=O)CNC(=O)Cc2ccccc2)cc1. The van der Waals surface area contributed by atoms with E-state index in [1.54, 1.807) is 17.0 Å². The number of phenols is 1. The highest BCUT2D eigenvalue weighted by atomic mass is 16.3. The number of aromatic hydroxyl groups is 1. The fourth-order valence-corrected chi connectivity index (χ4v) is 4.78. The van der Waals surface area contributed by atoms with E-state index in [1.807, 2.05) is 110 Å². The summed E-state index contributed by atoms with van der Waals surface area (Å²) >= 11 is 0. The maximum Gasteiger partial charge on any atom is 0.251 e. The number of likely N-dealkylation sites (N-methyl/N-ethyl adjacent to an activating group) is 1. The van der Waals surface area contributed by atoms with E-state index in [0.29, 0.717) is 31.6 Å². The molecule has 3 amide bonds. The minimum atomic E-state index is -0.211. The molecule has 0 aliphatic rings. The van der Waals surface area contributed by atoms with Crippen LogP contribution in [-0.2, 0) is 29.0 Å². The molecule has 0 unspecified atom stereocenters. The summed E-state index contributed by atoms with van der Waals surface area (Å²) in [6.45, 7) is 2.00. The Hall–Kier alpha value is -4.95. The summed E-state index contributed by atoms with van der Waals surface area (Å²) in [4.78, 5) is 42.5. The number of carbonyl (C=O) groups excluding carboxylic acids is 3. The van der Waals surface area contributed by atoms with E-state index in [-0.39, 0.29) is 36.4 Å². The quantitative estimate of drug-likeness (QED) is 0.203. The van der Waals surface area contributed by atoms with Crippen molar-refractivity contribution in [2.45, 2.75) is 19.4 Å². The molecular formula is C36H40N4O4. The van der Waals surface area contributed by atoms with Gasteiger partial charge in [-0.1, -0.05) is 84.9 Å². The zero-order valence-corrected chi connectivity index (χ0v) is 25.3. The van der Waals surface area contributed by atoms with E-state index in [0.717, 1.165) is 34.4 Å². The summed E-state index contributed by atoms with van der Waals surface area (Å²) in [5, 5.41) is 15.4. The third-order valence-corrected chi connectivity index (χ3v) is 7.26. The van der Waals surface area contributed by atoms with Crippen LogP contribution < -0.4 is 10.6 Å². The van der Waals surface area contributed by atoms with Crippen molar-refractivity contribution in [2.24, 2.45) is 0 Å². The van der Waals surface area contributed by atoms with E-state index in [2.05, 4.69) is 10.6 Å². The van der Waals surface area contributed by atoms with Crippen molar-refractivity contribution >= 4 is 17.7 Å². The van der Waals surface area contributed by atoms with Gasteiger partial charge >= 0.3 is 0 Å². The second kappa shape index (κ2) is 16.0. The highest BCUT2D eigenvalue weighted by molar-refractivity contribution is 6.00. The van der Waals surface area contributed by atoms with Crippen molar-refractivity contribution in [2.75, 3.05) is 40.3 Å². The maximum absolute atomic E-state index is 13.3. The van der Waals surface area contributed by atoms with Gasteiger partial charge in [-0.2, -0.15) is 0 Å². The van der Waals surface area contributed by atoms with Crippen LogP contribution in [0.4, 0.5) is 0 Å². The average Bonchev–Trinajstić information content (AvgIpc) is 3.03. The molecule has 4 rings (SSSR count). The van der Waals surface area contributed by atoms with Gasteiger partial charge in [-0.25, -0.2) is 0 Å². The Balaban J connectivity index is 1.44. The Bertz CT molecular complexity index is 1520. The smallest absolute Gasteiger partial charge is 0.251 e. The lowest BCUT2D eigenvalue weighted by atomic mass is 9.98. The van der Waals surface area contributed by atoms with E-state index >= 15 is 0 Å². The number of hydrogen-bond acceptors (Lipinski definition) is 5. The summed E-state index contributed by atoms with van der Waals surface area (Å²) < 4.78 is 0. The number of rotatable bonds is 14. The summed E-state index contributed by atoms with van der Waals surface area (Å²) in [7, 11) is 3.93. The molecule has 0 fully saturated rings. The number of hydrogen-bond donors (Lipinski definition) is 3. The van der Waals surface area contributed by atoms with Crippen molar-refractivity contribution in [1.82, 2.24) is 20.4 Å². The van der Waals surface area contributed by atoms with E-state index in [1.165, 1.54) is 0 Å². The molecule has 8 heteroatoms. The summed E-state index contributed by atoms with van der Waals surface area (Å²) in [6.07, 6.45) is 0.802. The van der Waals surface area contributed by atoms with Gasteiger partial charge in [0.15, 0.2) is 0 Å². The molecule has 0 heterocycles. The van der Waals surface area contributed by atoms with Crippen molar-refractivity contribution in [1.29, 1.82) is 0 Å². The van der Waals surface area contributed by atoms with Crippen molar-refractivity contribution in [3.63, 3.8) is 0 Å². The number of benzene rings is 4. The van der Waals surface area contributed by atoms with Gasteiger partial charge in [0.05, 0.1) is 13.0 Å².